The molecular weight excluding hydrogens is 724 g/mol. The third-order valence-electron chi connectivity index (χ3n) is 11.5. The Morgan fingerprint density at radius 2 is 0.879 bits per heavy atom. The molecule has 6 heteroatoms. The monoisotopic (exact) mass is 757 g/mol. The molecule has 0 N–H and O–H groups in total. The summed E-state index contributed by atoms with van der Waals surface area (Å²) < 4.78 is 49.4. The smallest absolute Gasteiger partial charge is 0.309 e. The number of hydrogen-bond donors (Lipinski definition) is 0. The molecule has 2 aromatic heterocycles. The van der Waals surface area contributed by atoms with Crippen LogP contribution in [0.3, 0.4) is 0 Å². The standard InChI is InChI=1S/C52H34F3N3/c1-32-13-3-5-15-37(32)34-23-25-42-40-18-8-11-21-46(40)57(49(42)27-34)48-30-44(39-17-7-10-20-45(39)52(53,54)55)51(29-36(48)31-56)58-47-22-12-9-19-41(47)43-26-24-35(28-50(43)58)38-16-6-4-14-33(38)2/h3-30H,1-2H3. The number of aryl methyl sites for hydroxylation is 2. The van der Waals surface area contributed by atoms with Crippen molar-refractivity contribution in [3.63, 3.8) is 0 Å². The van der Waals surface area contributed by atoms with E-state index >= 15 is 13.2 Å². The first-order valence-corrected chi connectivity index (χ1v) is 19.1. The molecule has 0 unspecified atom stereocenters. The fourth-order valence-corrected chi connectivity index (χ4v) is 8.81. The van der Waals surface area contributed by atoms with Gasteiger partial charge in [-0.3, -0.25) is 0 Å². The van der Waals surface area contributed by atoms with Gasteiger partial charge in [-0.05, 0) is 95.3 Å². The van der Waals surface area contributed by atoms with Gasteiger partial charge in [-0.25, -0.2) is 0 Å². The number of alkyl halides is 3. The second-order valence-corrected chi connectivity index (χ2v) is 14.8. The Morgan fingerprint density at radius 1 is 0.431 bits per heavy atom. The van der Waals surface area contributed by atoms with Gasteiger partial charge < -0.3 is 9.13 Å². The van der Waals surface area contributed by atoms with E-state index in [0.717, 1.165) is 83.1 Å². The van der Waals surface area contributed by atoms with Crippen LogP contribution in [0.15, 0.2) is 170 Å². The Bertz CT molecular complexity index is 3320. The third-order valence-corrected chi connectivity index (χ3v) is 11.5. The van der Waals surface area contributed by atoms with Gasteiger partial charge in [0.25, 0.3) is 0 Å². The Kier molecular flexibility index (Phi) is 8.10. The molecule has 10 aromatic rings. The average Bonchev–Trinajstić information content (AvgIpc) is 3.75. The van der Waals surface area contributed by atoms with E-state index in [9.17, 15) is 5.26 Å². The highest BCUT2D eigenvalue weighted by atomic mass is 19.4. The van der Waals surface area contributed by atoms with Gasteiger partial charge in [0.15, 0.2) is 0 Å². The molecule has 0 radical (unpaired) electrons. The van der Waals surface area contributed by atoms with E-state index in [1.165, 1.54) is 12.1 Å². The van der Waals surface area contributed by atoms with Crippen molar-refractivity contribution in [1.82, 2.24) is 9.13 Å². The van der Waals surface area contributed by atoms with Crippen molar-refractivity contribution in [1.29, 1.82) is 5.26 Å². The Hall–Kier alpha value is -7.36. The summed E-state index contributed by atoms with van der Waals surface area (Å²) in [6, 6.07) is 56.6. The number of benzene rings is 8. The molecule has 3 nitrogen and oxygen atoms in total. The largest absolute Gasteiger partial charge is 0.417 e. The number of halogens is 3. The van der Waals surface area contributed by atoms with Gasteiger partial charge in [-0.1, -0.05) is 127 Å². The maximum Gasteiger partial charge on any atom is 0.417 e. The Balaban J connectivity index is 1.34. The molecule has 0 aliphatic carbocycles. The quantitative estimate of drug-likeness (QED) is 0.172. The number of fused-ring (bicyclic) bond motifs is 6. The predicted molar refractivity (Wildman–Crippen MR) is 231 cm³/mol. The summed E-state index contributed by atoms with van der Waals surface area (Å²) in [6.45, 7) is 4.14. The van der Waals surface area contributed by atoms with Crippen molar-refractivity contribution < 1.29 is 13.2 Å². The van der Waals surface area contributed by atoms with E-state index in [-0.39, 0.29) is 5.56 Å². The number of nitrogens with zero attached hydrogens (tertiary/aromatic N) is 3. The molecule has 0 aliphatic rings. The number of rotatable bonds is 5. The first-order valence-electron chi connectivity index (χ1n) is 19.1. The molecule has 10 rings (SSSR count). The Morgan fingerprint density at radius 3 is 1.40 bits per heavy atom. The van der Waals surface area contributed by atoms with Crippen LogP contribution in [-0.2, 0) is 6.18 Å². The molecular formula is C52H34F3N3. The molecule has 0 atom stereocenters. The number of hydrogen-bond acceptors (Lipinski definition) is 1. The lowest BCUT2D eigenvalue weighted by Crippen LogP contribution is -2.09. The summed E-state index contributed by atoms with van der Waals surface area (Å²) in [6.07, 6.45) is -4.64. The summed E-state index contributed by atoms with van der Waals surface area (Å²) in [7, 11) is 0. The van der Waals surface area contributed by atoms with Crippen LogP contribution in [0, 0.1) is 25.2 Å². The molecule has 278 valence electrons. The minimum Gasteiger partial charge on any atom is -0.309 e. The van der Waals surface area contributed by atoms with Crippen molar-refractivity contribution in [3.05, 3.63) is 192 Å². The van der Waals surface area contributed by atoms with Crippen LogP contribution in [0.25, 0.3) is 88.4 Å². The molecule has 2 heterocycles. The molecule has 0 fully saturated rings. The maximum absolute atomic E-state index is 15.1. The predicted octanol–water partition coefficient (Wildman–Crippen LogP) is 14.4. The van der Waals surface area contributed by atoms with E-state index < -0.39 is 11.7 Å². The van der Waals surface area contributed by atoms with Crippen LogP contribution in [0.1, 0.15) is 22.3 Å². The topological polar surface area (TPSA) is 33.6 Å². The SMILES string of the molecule is Cc1ccccc1-c1ccc2c3ccccc3n(-c3cc(-c4ccccc4C(F)(F)F)c(-n4c5ccccc5c5ccc(-c6ccccc6C)cc54)cc3C#N)c2c1. The van der Waals surface area contributed by atoms with Gasteiger partial charge in [0, 0.05) is 27.1 Å². The lowest BCUT2D eigenvalue weighted by molar-refractivity contribution is -0.137. The maximum atomic E-state index is 15.1. The van der Waals surface area contributed by atoms with Crippen LogP contribution < -0.4 is 0 Å². The average molecular weight is 758 g/mol. The zero-order valence-corrected chi connectivity index (χ0v) is 31.6. The molecule has 0 saturated heterocycles. The lowest BCUT2D eigenvalue weighted by atomic mass is 9.95. The molecule has 0 bridgehead atoms. The van der Waals surface area contributed by atoms with Crippen LogP contribution in [0.2, 0.25) is 0 Å². The molecule has 58 heavy (non-hydrogen) atoms. The minimum absolute atomic E-state index is 0.0260. The summed E-state index contributed by atoms with van der Waals surface area (Å²) in [5.74, 6) is 0. The van der Waals surface area contributed by atoms with E-state index in [4.69, 9.17) is 0 Å². The highest BCUT2D eigenvalue weighted by molar-refractivity contribution is 6.12. The van der Waals surface area contributed by atoms with Crippen LogP contribution in [0.5, 0.6) is 0 Å². The van der Waals surface area contributed by atoms with Gasteiger partial charge in [0.05, 0.1) is 44.6 Å². The van der Waals surface area contributed by atoms with E-state index in [2.05, 4.69) is 80.6 Å². The van der Waals surface area contributed by atoms with Crippen LogP contribution in [-0.4, -0.2) is 9.13 Å². The highest BCUT2D eigenvalue weighted by Gasteiger charge is 2.35. The van der Waals surface area contributed by atoms with Crippen LogP contribution in [0.4, 0.5) is 13.2 Å². The molecule has 0 amide bonds. The molecule has 0 spiro atoms. The van der Waals surface area contributed by atoms with Gasteiger partial charge in [-0.2, -0.15) is 18.4 Å². The second-order valence-electron chi connectivity index (χ2n) is 14.8. The minimum atomic E-state index is -4.64. The van der Waals surface area contributed by atoms with Gasteiger partial charge in [-0.15, -0.1) is 0 Å². The van der Waals surface area contributed by atoms with E-state index in [1.807, 2.05) is 81.9 Å². The summed E-state index contributed by atoms with van der Waals surface area (Å²) >= 11 is 0. The van der Waals surface area contributed by atoms with Crippen molar-refractivity contribution in [2.75, 3.05) is 0 Å². The fraction of sp³-hybridized carbons (Fsp3) is 0.0577. The number of nitriles is 1. The van der Waals surface area contributed by atoms with Crippen molar-refractivity contribution in [3.8, 4) is 50.8 Å². The highest BCUT2D eigenvalue weighted by Crippen LogP contribution is 2.45. The lowest BCUT2D eigenvalue weighted by Gasteiger charge is -2.21. The molecule has 0 saturated carbocycles. The van der Waals surface area contributed by atoms with Crippen molar-refractivity contribution in [2.45, 2.75) is 20.0 Å². The van der Waals surface area contributed by atoms with Crippen molar-refractivity contribution >= 4 is 43.6 Å². The van der Waals surface area contributed by atoms with Crippen molar-refractivity contribution in [2.24, 2.45) is 0 Å². The van der Waals surface area contributed by atoms with Gasteiger partial charge in [0.1, 0.15) is 6.07 Å². The first kappa shape index (κ1) is 35.1. The molecule has 8 aromatic carbocycles. The van der Waals surface area contributed by atoms with E-state index in [1.54, 1.807) is 18.2 Å². The number of aromatic nitrogens is 2. The first-order chi connectivity index (χ1) is 28.2. The zero-order chi connectivity index (χ0) is 39.7. The normalized spacial score (nSPS) is 11.9. The van der Waals surface area contributed by atoms with Gasteiger partial charge >= 0.3 is 6.18 Å². The summed E-state index contributed by atoms with van der Waals surface area (Å²) in [5.41, 5.74) is 10.6. The second kappa shape index (κ2) is 13.4. The Labute approximate surface area is 333 Å². The molecule has 0 aliphatic heterocycles. The van der Waals surface area contributed by atoms with E-state index in [0.29, 0.717) is 22.5 Å². The summed E-state index contributed by atoms with van der Waals surface area (Å²) in [4.78, 5) is 0. The summed E-state index contributed by atoms with van der Waals surface area (Å²) in [5, 5.41) is 15.0. The fourth-order valence-electron chi connectivity index (χ4n) is 8.81. The van der Waals surface area contributed by atoms with Crippen LogP contribution >= 0.6 is 0 Å². The third kappa shape index (κ3) is 5.50. The number of para-hydroxylation sites is 2. The van der Waals surface area contributed by atoms with Gasteiger partial charge in [0.2, 0.25) is 0 Å². The zero-order valence-electron chi connectivity index (χ0n) is 31.6.